The first-order chi connectivity index (χ1) is 11.4. The molecular weight excluding hydrogens is 282 g/mol. The first-order valence-corrected chi connectivity index (χ1v) is 7.65. The van der Waals surface area contributed by atoms with Crippen LogP contribution in [0.2, 0.25) is 0 Å². The fraction of sp³-hybridized carbons (Fsp3) is 0.0500. The van der Waals surface area contributed by atoms with Crippen molar-refractivity contribution in [3.05, 3.63) is 104 Å². The molecule has 4 rings (SSSR count). The summed E-state index contributed by atoms with van der Waals surface area (Å²) >= 11 is 0. The van der Waals surface area contributed by atoms with E-state index < -0.39 is 0 Å². The van der Waals surface area contributed by atoms with Crippen LogP contribution in [0.5, 0.6) is 0 Å². The smallest absolute Gasteiger partial charge is 0.0838 e. The van der Waals surface area contributed by atoms with Gasteiger partial charge in [-0.3, -0.25) is 9.67 Å². The monoisotopic (exact) mass is 298 g/mol. The topological polar surface area (TPSA) is 30.7 Å². The van der Waals surface area contributed by atoms with E-state index in [-0.39, 0.29) is 0 Å². The summed E-state index contributed by atoms with van der Waals surface area (Å²) in [5, 5.41) is 4.80. The fourth-order valence-electron chi connectivity index (χ4n) is 2.71. The second-order valence-electron chi connectivity index (χ2n) is 5.43. The highest BCUT2D eigenvalue weighted by atomic mass is 15.3. The average molecular weight is 298 g/mol. The van der Waals surface area contributed by atoms with E-state index in [1.54, 1.807) is 0 Å². The van der Waals surface area contributed by atoms with Crippen LogP contribution < -0.4 is 0 Å². The molecule has 0 N–H and O–H groups in total. The SMILES string of the molecule is [CH]1[CH][CH][C](c2cc(-c3ccccc3)n(Cc3ccccn3)n2)[CH]1. The molecule has 1 aliphatic carbocycles. The Balaban J connectivity index is 1.73. The zero-order chi connectivity index (χ0) is 15.5. The molecule has 111 valence electrons. The summed E-state index contributed by atoms with van der Waals surface area (Å²) in [5.74, 6) is 1.14. The Labute approximate surface area is 137 Å². The molecule has 23 heavy (non-hydrogen) atoms. The van der Waals surface area contributed by atoms with Crippen LogP contribution in [0.1, 0.15) is 11.4 Å². The van der Waals surface area contributed by atoms with Crippen LogP contribution in [0.25, 0.3) is 11.3 Å². The van der Waals surface area contributed by atoms with E-state index in [1.807, 2.05) is 48.0 Å². The average Bonchev–Trinajstić information content (AvgIpc) is 3.26. The zero-order valence-corrected chi connectivity index (χ0v) is 12.6. The van der Waals surface area contributed by atoms with Crippen molar-refractivity contribution in [1.29, 1.82) is 0 Å². The summed E-state index contributed by atoms with van der Waals surface area (Å²) < 4.78 is 2.03. The van der Waals surface area contributed by atoms with Crippen LogP contribution in [0.3, 0.4) is 0 Å². The summed E-state index contributed by atoms with van der Waals surface area (Å²) in [5.41, 5.74) is 4.26. The van der Waals surface area contributed by atoms with E-state index in [0.29, 0.717) is 6.54 Å². The maximum atomic E-state index is 4.80. The largest absolute Gasteiger partial charge is 0.259 e. The molecule has 0 aliphatic heterocycles. The minimum absolute atomic E-state index is 0.659. The number of pyridine rings is 1. The fourth-order valence-corrected chi connectivity index (χ4v) is 2.71. The van der Waals surface area contributed by atoms with Gasteiger partial charge in [-0.2, -0.15) is 5.10 Å². The van der Waals surface area contributed by atoms with Crippen molar-refractivity contribution in [1.82, 2.24) is 14.8 Å². The summed E-state index contributed by atoms with van der Waals surface area (Å²) in [6.07, 6.45) is 10.1. The molecule has 3 aromatic rings. The highest BCUT2D eigenvalue weighted by Gasteiger charge is 2.23. The lowest BCUT2D eigenvalue weighted by molar-refractivity contribution is 0.672. The molecule has 5 radical (unpaired) electrons. The second-order valence-corrected chi connectivity index (χ2v) is 5.43. The Hall–Kier alpha value is -2.42. The molecule has 3 heteroatoms. The van der Waals surface area contributed by atoms with Crippen molar-refractivity contribution in [3.8, 4) is 11.3 Å². The molecular formula is C20H16N3. The predicted molar refractivity (Wildman–Crippen MR) is 90.5 cm³/mol. The highest BCUT2D eigenvalue weighted by molar-refractivity contribution is 5.62. The van der Waals surface area contributed by atoms with Gasteiger partial charge >= 0.3 is 0 Å². The van der Waals surface area contributed by atoms with E-state index in [9.17, 15) is 0 Å². The summed E-state index contributed by atoms with van der Waals surface area (Å²) in [7, 11) is 0. The lowest BCUT2D eigenvalue weighted by Crippen LogP contribution is -2.06. The molecule has 3 nitrogen and oxygen atoms in total. The molecule has 2 heterocycles. The molecule has 1 fully saturated rings. The third kappa shape index (κ3) is 3.04. The minimum Gasteiger partial charge on any atom is -0.259 e. The first-order valence-electron chi connectivity index (χ1n) is 7.65. The Morgan fingerprint density at radius 3 is 2.39 bits per heavy atom. The van der Waals surface area contributed by atoms with E-state index in [2.05, 4.69) is 48.2 Å². The van der Waals surface area contributed by atoms with Crippen molar-refractivity contribution >= 4 is 0 Å². The molecule has 0 bridgehead atoms. The quantitative estimate of drug-likeness (QED) is 0.734. The normalized spacial score (nSPS) is 15.1. The van der Waals surface area contributed by atoms with E-state index in [4.69, 9.17) is 5.10 Å². The molecule has 1 aromatic carbocycles. The van der Waals surface area contributed by atoms with E-state index in [0.717, 1.165) is 28.6 Å². The van der Waals surface area contributed by atoms with Crippen molar-refractivity contribution < 1.29 is 0 Å². The van der Waals surface area contributed by atoms with Gasteiger partial charge in [-0.25, -0.2) is 0 Å². The summed E-state index contributed by atoms with van der Waals surface area (Å²) in [6, 6.07) is 18.5. The van der Waals surface area contributed by atoms with Gasteiger partial charge in [0.1, 0.15) is 0 Å². The Bertz CT molecular complexity index is 756. The van der Waals surface area contributed by atoms with Gasteiger partial charge in [0.2, 0.25) is 0 Å². The highest BCUT2D eigenvalue weighted by Crippen LogP contribution is 2.32. The Morgan fingerprint density at radius 1 is 0.870 bits per heavy atom. The minimum atomic E-state index is 0.659. The number of rotatable bonds is 4. The van der Waals surface area contributed by atoms with Crippen LogP contribution in [0.15, 0.2) is 60.8 Å². The van der Waals surface area contributed by atoms with E-state index in [1.165, 1.54) is 0 Å². The summed E-state index contributed by atoms with van der Waals surface area (Å²) in [4.78, 5) is 4.42. The molecule has 2 aromatic heterocycles. The molecule has 0 amide bonds. The predicted octanol–water partition coefficient (Wildman–Crippen LogP) is 3.75. The van der Waals surface area contributed by atoms with Crippen molar-refractivity contribution in [2.24, 2.45) is 0 Å². The van der Waals surface area contributed by atoms with Crippen LogP contribution in [0.4, 0.5) is 0 Å². The first kappa shape index (κ1) is 14.2. The molecule has 1 saturated carbocycles. The summed E-state index contributed by atoms with van der Waals surface area (Å²) in [6.45, 7) is 0.659. The van der Waals surface area contributed by atoms with Gasteiger partial charge in [-0.15, -0.1) is 0 Å². The number of aromatic nitrogens is 3. The Kier molecular flexibility index (Phi) is 3.93. The van der Waals surface area contributed by atoms with Gasteiger partial charge in [0.25, 0.3) is 0 Å². The number of hydrogen-bond donors (Lipinski definition) is 0. The lowest BCUT2D eigenvalue weighted by atomic mass is 10.0. The van der Waals surface area contributed by atoms with Gasteiger partial charge in [-0.05, 0) is 49.4 Å². The third-order valence-corrected chi connectivity index (χ3v) is 3.85. The van der Waals surface area contributed by atoms with Crippen molar-refractivity contribution in [2.45, 2.75) is 6.54 Å². The molecule has 0 unspecified atom stereocenters. The number of nitrogens with zero attached hydrogens (tertiary/aromatic N) is 3. The van der Waals surface area contributed by atoms with Crippen molar-refractivity contribution in [3.63, 3.8) is 0 Å². The lowest BCUT2D eigenvalue weighted by Gasteiger charge is -2.07. The molecule has 0 saturated heterocycles. The van der Waals surface area contributed by atoms with Gasteiger partial charge in [-0.1, -0.05) is 36.4 Å². The van der Waals surface area contributed by atoms with Gasteiger partial charge in [0.05, 0.1) is 23.6 Å². The van der Waals surface area contributed by atoms with Gasteiger partial charge < -0.3 is 0 Å². The maximum Gasteiger partial charge on any atom is 0.0838 e. The Morgan fingerprint density at radius 2 is 1.65 bits per heavy atom. The van der Waals surface area contributed by atoms with Crippen LogP contribution in [-0.4, -0.2) is 14.8 Å². The zero-order valence-electron chi connectivity index (χ0n) is 12.6. The van der Waals surface area contributed by atoms with Crippen LogP contribution >= 0.6 is 0 Å². The standard InChI is InChI=1S/C20H16N3/c1-2-10-17(11-3-1)20-14-19(16-8-4-5-9-16)22-23(20)15-18-12-6-7-13-21-18/h1-14H,15H2. The molecule has 0 spiro atoms. The third-order valence-electron chi connectivity index (χ3n) is 3.85. The molecule has 1 aliphatic rings. The second kappa shape index (κ2) is 6.37. The number of benzene rings is 1. The van der Waals surface area contributed by atoms with Gasteiger partial charge in [0, 0.05) is 12.1 Å². The van der Waals surface area contributed by atoms with Crippen molar-refractivity contribution in [2.75, 3.05) is 0 Å². The van der Waals surface area contributed by atoms with Crippen LogP contribution in [-0.2, 0) is 6.54 Å². The number of hydrogen-bond acceptors (Lipinski definition) is 2. The van der Waals surface area contributed by atoms with Gasteiger partial charge in [0.15, 0.2) is 0 Å². The van der Waals surface area contributed by atoms with Crippen LogP contribution in [0, 0.1) is 31.6 Å². The van der Waals surface area contributed by atoms with E-state index >= 15 is 0 Å². The molecule has 0 atom stereocenters. The maximum absolute atomic E-state index is 4.80.